The molecule has 0 aromatic carbocycles. The van der Waals surface area contributed by atoms with E-state index in [-0.39, 0.29) is 6.09 Å². The summed E-state index contributed by atoms with van der Waals surface area (Å²) in [5.74, 6) is 0. The van der Waals surface area contributed by atoms with Crippen LogP contribution in [-0.4, -0.2) is 124 Å². The number of nitrogens with zero attached hydrogens (tertiary/aromatic N) is 1. The molecule has 0 bridgehead atoms. The summed E-state index contributed by atoms with van der Waals surface area (Å²) in [6.45, 7) is 19.3. The number of carbonyl (C=O) groups excluding carboxylic acids is 1. The Labute approximate surface area is 207 Å². The van der Waals surface area contributed by atoms with Crippen LogP contribution < -0.4 is 0 Å². The Hall–Kier alpha value is -0.793. The van der Waals surface area contributed by atoms with E-state index in [9.17, 15) is 4.79 Å². The number of rotatable bonds is 22. The topological polar surface area (TPSA) is 94.2 Å². The SMILES string of the molecule is CN(CCOCCOCCOCCOCCOCCOCCO[Si](C)(C)C)C(=O)OC(C)(C)C. The normalized spacial score (nSPS) is 12.2. The van der Waals surface area contributed by atoms with Gasteiger partial charge >= 0.3 is 6.09 Å². The molecule has 0 aliphatic rings. The van der Waals surface area contributed by atoms with Gasteiger partial charge in [0.15, 0.2) is 8.32 Å². The van der Waals surface area contributed by atoms with E-state index in [1.54, 1.807) is 7.05 Å². The Morgan fingerprint density at radius 2 is 0.941 bits per heavy atom. The van der Waals surface area contributed by atoms with Crippen molar-refractivity contribution in [2.45, 2.75) is 46.0 Å². The Morgan fingerprint density at radius 1 is 0.618 bits per heavy atom. The highest BCUT2D eigenvalue weighted by Crippen LogP contribution is 2.08. The molecule has 0 saturated carbocycles. The second kappa shape index (κ2) is 20.4. The van der Waals surface area contributed by atoms with Crippen LogP contribution in [0.25, 0.3) is 0 Å². The van der Waals surface area contributed by atoms with Crippen LogP contribution in [0.15, 0.2) is 0 Å². The molecule has 1 amide bonds. The monoisotopic (exact) mass is 511 g/mol. The van der Waals surface area contributed by atoms with E-state index in [0.29, 0.717) is 92.4 Å². The average Bonchev–Trinajstić information content (AvgIpc) is 2.72. The van der Waals surface area contributed by atoms with Crippen molar-refractivity contribution in [3.05, 3.63) is 0 Å². The van der Waals surface area contributed by atoms with Crippen LogP contribution in [0.3, 0.4) is 0 Å². The first-order valence-corrected chi connectivity index (χ1v) is 15.5. The second-order valence-electron chi connectivity index (χ2n) is 9.54. The summed E-state index contributed by atoms with van der Waals surface area (Å²) in [4.78, 5) is 13.3. The highest BCUT2D eigenvalue weighted by molar-refractivity contribution is 6.69. The van der Waals surface area contributed by atoms with Gasteiger partial charge < -0.3 is 42.5 Å². The van der Waals surface area contributed by atoms with Crippen LogP contribution in [0.4, 0.5) is 4.79 Å². The molecule has 11 heteroatoms. The first kappa shape index (κ1) is 33.2. The van der Waals surface area contributed by atoms with Gasteiger partial charge in [-0.1, -0.05) is 0 Å². The van der Waals surface area contributed by atoms with Crippen molar-refractivity contribution in [2.75, 3.05) is 99.5 Å². The van der Waals surface area contributed by atoms with Gasteiger partial charge in [-0.25, -0.2) is 4.79 Å². The molecular formula is C23H49NO9Si. The van der Waals surface area contributed by atoms with Gasteiger partial charge in [-0.15, -0.1) is 0 Å². The summed E-state index contributed by atoms with van der Waals surface area (Å²) in [6.07, 6.45) is -0.356. The highest BCUT2D eigenvalue weighted by Gasteiger charge is 2.19. The van der Waals surface area contributed by atoms with Gasteiger partial charge in [-0.05, 0) is 40.4 Å². The Balaban J connectivity index is 3.23. The summed E-state index contributed by atoms with van der Waals surface area (Å²) < 4.78 is 43.7. The largest absolute Gasteiger partial charge is 0.444 e. The van der Waals surface area contributed by atoms with Crippen LogP contribution in [0.1, 0.15) is 20.8 Å². The average molecular weight is 512 g/mol. The van der Waals surface area contributed by atoms with Crippen molar-refractivity contribution < 1.29 is 42.4 Å². The fourth-order valence-electron chi connectivity index (χ4n) is 2.24. The van der Waals surface area contributed by atoms with Crippen molar-refractivity contribution >= 4 is 14.4 Å². The quantitative estimate of drug-likeness (QED) is 0.161. The summed E-state index contributed by atoms with van der Waals surface area (Å²) in [6, 6.07) is 0. The fourth-order valence-corrected chi connectivity index (χ4v) is 2.94. The second-order valence-corrected chi connectivity index (χ2v) is 14.1. The summed E-state index contributed by atoms with van der Waals surface area (Å²) >= 11 is 0. The molecule has 10 nitrogen and oxygen atoms in total. The zero-order valence-electron chi connectivity index (χ0n) is 22.5. The van der Waals surface area contributed by atoms with E-state index in [4.69, 9.17) is 37.6 Å². The minimum Gasteiger partial charge on any atom is -0.444 e. The van der Waals surface area contributed by atoms with Crippen molar-refractivity contribution in [3.8, 4) is 0 Å². The molecule has 0 spiro atoms. The molecule has 204 valence electrons. The lowest BCUT2D eigenvalue weighted by molar-refractivity contribution is -0.0189. The molecule has 0 rings (SSSR count). The van der Waals surface area contributed by atoms with Gasteiger partial charge in [0.1, 0.15) is 5.60 Å². The van der Waals surface area contributed by atoms with E-state index in [0.717, 1.165) is 0 Å². The minimum atomic E-state index is -1.45. The number of amides is 1. The smallest absolute Gasteiger partial charge is 0.410 e. The van der Waals surface area contributed by atoms with E-state index < -0.39 is 13.9 Å². The van der Waals surface area contributed by atoms with E-state index in [2.05, 4.69) is 19.6 Å². The zero-order valence-corrected chi connectivity index (χ0v) is 23.5. The highest BCUT2D eigenvalue weighted by atomic mass is 28.4. The van der Waals surface area contributed by atoms with Crippen molar-refractivity contribution in [2.24, 2.45) is 0 Å². The molecular weight excluding hydrogens is 462 g/mol. The molecule has 0 saturated heterocycles. The lowest BCUT2D eigenvalue weighted by Crippen LogP contribution is -2.36. The van der Waals surface area contributed by atoms with Crippen LogP contribution in [0.2, 0.25) is 19.6 Å². The molecule has 0 N–H and O–H groups in total. The lowest BCUT2D eigenvalue weighted by Gasteiger charge is -2.24. The molecule has 0 atom stereocenters. The third-order valence-corrected chi connectivity index (χ3v) is 4.97. The standard InChI is InChI=1S/C23H49NO9Si/c1-23(2,3)33-22(25)24(4)8-9-26-10-11-27-12-13-28-14-15-29-16-17-30-18-19-31-20-21-32-34(5,6)7/h8-21H2,1-7H3. The van der Waals surface area contributed by atoms with E-state index in [1.165, 1.54) is 4.90 Å². The van der Waals surface area contributed by atoms with Crippen molar-refractivity contribution in [1.29, 1.82) is 0 Å². The summed E-state index contributed by atoms with van der Waals surface area (Å²) in [7, 11) is 0.240. The summed E-state index contributed by atoms with van der Waals surface area (Å²) in [5, 5.41) is 0. The number of hydrogen-bond donors (Lipinski definition) is 0. The van der Waals surface area contributed by atoms with Crippen molar-refractivity contribution in [3.63, 3.8) is 0 Å². The molecule has 0 aromatic rings. The number of likely N-dealkylation sites (N-methyl/N-ethyl adjacent to an activating group) is 1. The first-order valence-electron chi connectivity index (χ1n) is 12.1. The Morgan fingerprint density at radius 3 is 1.26 bits per heavy atom. The molecule has 0 unspecified atom stereocenters. The van der Waals surface area contributed by atoms with Gasteiger partial charge in [-0.2, -0.15) is 0 Å². The van der Waals surface area contributed by atoms with Gasteiger partial charge in [0.25, 0.3) is 0 Å². The molecule has 0 fully saturated rings. The van der Waals surface area contributed by atoms with E-state index >= 15 is 0 Å². The number of carbonyl (C=O) groups is 1. The molecule has 0 aliphatic heterocycles. The van der Waals surface area contributed by atoms with Crippen molar-refractivity contribution in [1.82, 2.24) is 4.90 Å². The maximum atomic E-state index is 11.8. The first-order chi connectivity index (χ1) is 16.0. The van der Waals surface area contributed by atoms with Crippen LogP contribution in [0, 0.1) is 0 Å². The predicted octanol–water partition coefficient (Wildman–Crippen LogP) is 2.80. The van der Waals surface area contributed by atoms with Crippen LogP contribution >= 0.6 is 0 Å². The number of ether oxygens (including phenoxy) is 7. The Bertz CT molecular complexity index is 484. The minimum absolute atomic E-state index is 0.356. The van der Waals surface area contributed by atoms with Crippen LogP contribution in [0.5, 0.6) is 0 Å². The third-order valence-electron chi connectivity index (χ3n) is 3.90. The summed E-state index contributed by atoms with van der Waals surface area (Å²) in [5.41, 5.74) is -0.499. The van der Waals surface area contributed by atoms with Gasteiger partial charge in [-0.3, -0.25) is 0 Å². The molecule has 34 heavy (non-hydrogen) atoms. The zero-order chi connectivity index (χ0) is 25.7. The maximum absolute atomic E-state index is 11.8. The molecule has 0 aliphatic carbocycles. The van der Waals surface area contributed by atoms with Gasteiger partial charge in [0.05, 0.1) is 85.9 Å². The molecule has 0 aromatic heterocycles. The van der Waals surface area contributed by atoms with E-state index in [1.807, 2.05) is 20.8 Å². The third kappa shape index (κ3) is 25.8. The molecule has 0 radical (unpaired) electrons. The number of hydrogen-bond acceptors (Lipinski definition) is 9. The predicted molar refractivity (Wildman–Crippen MR) is 133 cm³/mol. The van der Waals surface area contributed by atoms with Crippen LogP contribution in [-0.2, 0) is 37.6 Å². The molecule has 0 heterocycles. The van der Waals surface area contributed by atoms with Gasteiger partial charge in [0, 0.05) is 13.6 Å². The maximum Gasteiger partial charge on any atom is 0.410 e. The Kier molecular flexibility index (Phi) is 19.9. The lowest BCUT2D eigenvalue weighted by atomic mass is 10.2. The fraction of sp³-hybridized carbons (Fsp3) is 0.957. The van der Waals surface area contributed by atoms with Gasteiger partial charge in [0.2, 0.25) is 0 Å².